The van der Waals surface area contributed by atoms with Gasteiger partial charge >= 0.3 is 0 Å². The summed E-state index contributed by atoms with van der Waals surface area (Å²) in [6, 6.07) is 8.28. The van der Waals surface area contributed by atoms with Gasteiger partial charge in [-0.25, -0.2) is 0 Å². The van der Waals surface area contributed by atoms with E-state index in [4.69, 9.17) is 5.73 Å². The lowest BCUT2D eigenvalue weighted by molar-refractivity contribution is -0.107. The smallest absolute Gasteiger partial charge is 0.124 e. The van der Waals surface area contributed by atoms with Crippen molar-refractivity contribution in [1.29, 1.82) is 0 Å². The van der Waals surface area contributed by atoms with Gasteiger partial charge in [-0.05, 0) is 29.5 Å². The molecular weight excluding hydrogens is 284 g/mol. The number of nitrogens with two attached hydrogens (primary N) is 1. The Bertz CT molecular complexity index is 582. The maximum atomic E-state index is 10.6. The number of hydrogen-bond acceptors (Lipinski definition) is 3. The first-order valence-electron chi connectivity index (χ1n) is 8.57. The van der Waals surface area contributed by atoms with Gasteiger partial charge in [-0.2, -0.15) is 0 Å². The molecule has 0 saturated heterocycles. The SMILES string of the molecule is CCC1CCC1.Cc1ccccc1C1C=C(CC=O)C(N)=CN1. The molecule has 0 bridgehead atoms. The van der Waals surface area contributed by atoms with E-state index in [0.717, 1.165) is 17.8 Å². The molecule has 124 valence electrons. The zero-order chi connectivity index (χ0) is 16.7. The molecule has 1 unspecified atom stereocenters. The summed E-state index contributed by atoms with van der Waals surface area (Å²) in [5.41, 5.74) is 9.78. The molecule has 3 nitrogen and oxygen atoms in total. The average Bonchev–Trinajstić information content (AvgIpc) is 2.50. The Kier molecular flexibility index (Phi) is 6.45. The van der Waals surface area contributed by atoms with Crippen molar-refractivity contribution in [2.45, 2.75) is 52.0 Å². The largest absolute Gasteiger partial charge is 0.397 e. The molecule has 1 aromatic rings. The number of rotatable bonds is 4. The zero-order valence-corrected chi connectivity index (χ0v) is 14.2. The summed E-state index contributed by atoms with van der Waals surface area (Å²) in [5.74, 6) is 1.12. The molecule has 1 aliphatic carbocycles. The number of allylic oxidation sites excluding steroid dienone is 1. The average molecular weight is 312 g/mol. The molecular formula is C20H28N2O. The highest BCUT2D eigenvalue weighted by molar-refractivity contribution is 5.58. The minimum absolute atomic E-state index is 0.0958. The van der Waals surface area contributed by atoms with Gasteiger partial charge in [-0.3, -0.25) is 0 Å². The maximum Gasteiger partial charge on any atom is 0.124 e. The lowest BCUT2D eigenvalue weighted by Gasteiger charge is -2.22. The van der Waals surface area contributed by atoms with Crippen molar-refractivity contribution in [3.05, 3.63) is 58.9 Å². The van der Waals surface area contributed by atoms with Crippen LogP contribution in [0.15, 0.2) is 47.8 Å². The summed E-state index contributed by atoms with van der Waals surface area (Å²) in [4.78, 5) is 10.6. The van der Waals surface area contributed by atoms with Crippen molar-refractivity contribution < 1.29 is 4.79 Å². The summed E-state index contributed by atoms with van der Waals surface area (Å²) >= 11 is 0. The molecule has 3 heteroatoms. The van der Waals surface area contributed by atoms with Gasteiger partial charge in [-0.15, -0.1) is 0 Å². The lowest BCUT2D eigenvalue weighted by Crippen LogP contribution is -2.22. The second-order valence-electron chi connectivity index (χ2n) is 6.37. The molecule has 1 fully saturated rings. The van der Waals surface area contributed by atoms with E-state index < -0.39 is 0 Å². The molecule has 0 amide bonds. The Labute approximate surface area is 139 Å². The summed E-state index contributed by atoms with van der Waals surface area (Å²) in [7, 11) is 0. The van der Waals surface area contributed by atoms with Crippen LogP contribution in [0.1, 0.15) is 56.2 Å². The van der Waals surface area contributed by atoms with Crippen molar-refractivity contribution in [3.63, 3.8) is 0 Å². The number of carbonyl (C=O) groups excluding carboxylic acids is 1. The predicted molar refractivity (Wildman–Crippen MR) is 95.7 cm³/mol. The van der Waals surface area contributed by atoms with E-state index in [1.165, 1.54) is 36.8 Å². The molecule has 0 spiro atoms. The van der Waals surface area contributed by atoms with Gasteiger partial charge in [0.15, 0.2) is 0 Å². The quantitative estimate of drug-likeness (QED) is 0.821. The molecule has 1 aliphatic heterocycles. The first-order chi connectivity index (χ1) is 11.2. The highest BCUT2D eigenvalue weighted by Gasteiger charge is 2.15. The molecule has 1 atom stereocenters. The van der Waals surface area contributed by atoms with Crippen LogP contribution >= 0.6 is 0 Å². The summed E-state index contributed by atoms with van der Waals surface area (Å²) in [6.45, 7) is 4.36. The third kappa shape index (κ3) is 4.72. The van der Waals surface area contributed by atoms with E-state index in [9.17, 15) is 4.79 Å². The molecule has 2 aliphatic rings. The Morgan fingerprint density at radius 2 is 2.04 bits per heavy atom. The number of benzene rings is 1. The minimum atomic E-state index is 0.0958. The van der Waals surface area contributed by atoms with E-state index in [1.54, 1.807) is 6.20 Å². The number of dihydropyridines is 1. The Morgan fingerprint density at radius 1 is 1.30 bits per heavy atom. The molecule has 3 rings (SSSR count). The van der Waals surface area contributed by atoms with Crippen molar-refractivity contribution in [3.8, 4) is 0 Å². The van der Waals surface area contributed by atoms with Gasteiger partial charge in [0.1, 0.15) is 6.29 Å². The van der Waals surface area contributed by atoms with E-state index >= 15 is 0 Å². The second-order valence-corrected chi connectivity index (χ2v) is 6.37. The second kappa shape index (κ2) is 8.56. The summed E-state index contributed by atoms with van der Waals surface area (Å²) < 4.78 is 0. The van der Waals surface area contributed by atoms with Crippen molar-refractivity contribution in [2.24, 2.45) is 11.7 Å². The molecule has 23 heavy (non-hydrogen) atoms. The van der Waals surface area contributed by atoms with E-state index in [-0.39, 0.29) is 6.04 Å². The van der Waals surface area contributed by atoms with Gasteiger partial charge in [0.25, 0.3) is 0 Å². The predicted octanol–water partition coefficient (Wildman–Crippen LogP) is 4.15. The van der Waals surface area contributed by atoms with E-state index in [0.29, 0.717) is 12.1 Å². The highest BCUT2D eigenvalue weighted by atomic mass is 16.1. The number of carbonyl (C=O) groups is 1. The Hall–Kier alpha value is -2.03. The fraction of sp³-hybridized carbons (Fsp3) is 0.450. The molecule has 1 aromatic carbocycles. The first-order valence-corrected chi connectivity index (χ1v) is 8.57. The van der Waals surface area contributed by atoms with Crippen LogP contribution < -0.4 is 11.1 Å². The fourth-order valence-corrected chi connectivity index (χ4v) is 2.91. The molecule has 0 radical (unpaired) electrons. The summed E-state index contributed by atoms with van der Waals surface area (Å²) in [5, 5.41) is 3.24. The fourth-order valence-electron chi connectivity index (χ4n) is 2.91. The number of aryl methyl sites for hydroxylation is 1. The lowest BCUT2D eigenvalue weighted by atomic mass is 9.84. The van der Waals surface area contributed by atoms with Crippen molar-refractivity contribution in [1.82, 2.24) is 5.32 Å². The monoisotopic (exact) mass is 312 g/mol. The zero-order valence-electron chi connectivity index (χ0n) is 14.2. The third-order valence-electron chi connectivity index (χ3n) is 4.79. The minimum Gasteiger partial charge on any atom is -0.397 e. The molecule has 3 N–H and O–H groups in total. The molecule has 1 saturated carbocycles. The van der Waals surface area contributed by atoms with Crippen molar-refractivity contribution >= 4 is 6.29 Å². The van der Waals surface area contributed by atoms with Gasteiger partial charge in [0.05, 0.1) is 11.7 Å². The highest BCUT2D eigenvalue weighted by Crippen LogP contribution is 2.28. The van der Waals surface area contributed by atoms with Gasteiger partial charge in [0.2, 0.25) is 0 Å². The first kappa shape index (κ1) is 17.3. The maximum absolute atomic E-state index is 10.6. The van der Waals surface area contributed by atoms with Gasteiger partial charge in [0, 0.05) is 12.6 Å². The van der Waals surface area contributed by atoms with Gasteiger partial charge < -0.3 is 15.8 Å². The van der Waals surface area contributed by atoms with E-state index in [1.807, 2.05) is 18.2 Å². The normalized spacial score (nSPS) is 20.2. The van der Waals surface area contributed by atoms with Crippen molar-refractivity contribution in [2.75, 3.05) is 0 Å². The van der Waals surface area contributed by atoms with Crippen LogP contribution in [0.5, 0.6) is 0 Å². The van der Waals surface area contributed by atoms with Crippen LogP contribution in [0, 0.1) is 12.8 Å². The Morgan fingerprint density at radius 3 is 2.57 bits per heavy atom. The Balaban J connectivity index is 0.000000268. The molecule has 0 aromatic heterocycles. The van der Waals surface area contributed by atoms with Crippen LogP contribution in [0.3, 0.4) is 0 Å². The number of hydrogen-bond donors (Lipinski definition) is 2. The van der Waals surface area contributed by atoms with E-state index in [2.05, 4.69) is 31.3 Å². The summed E-state index contributed by atoms with van der Waals surface area (Å²) in [6.07, 6.45) is 11.0. The van der Waals surface area contributed by atoms with Crippen LogP contribution in [0.4, 0.5) is 0 Å². The third-order valence-corrected chi connectivity index (χ3v) is 4.79. The standard InChI is InChI=1S/C14H16N2O.C6H12/c1-10-4-2-3-5-12(10)14-8-11(6-7-17)13(15)9-16-14;1-2-6-4-3-5-6/h2-5,7-9,14,16H,6,15H2,1H3;6H,2-5H2,1H3. The molecule has 1 heterocycles. The van der Waals surface area contributed by atoms with Crippen LogP contribution in [-0.4, -0.2) is 6.29 Å². The van der Waals surface area contributed by atoms with Crippen LogP contribution in [-0.2, 0) is 4.79 Å². The number of aldehydes is 1. The topological polar surface area (TPSA) is 55.1 Å². The van der Waals surface area contributed by atoms with Crippen LogP contribution in [0.25, 0.3) is 0 Å². The van der Waals surface area contributed by atoms with Gasteiger partial charge in [-0.1, -0.05) is 62.9 Å². The van der Waals surface area contributed by atoms with Crippen LogP contribution in [0.2, 0.25) is 0 Å². The number of nitrogens with one attached hydrogen (secondary N) is 1.